The lowest BCUT2D eigenvalue weighted by Crippen LogP contribution is -2.48. The molecule has 40 heavy (non-hydrogen) atoms. The first-order chi connectivity index (χ1) is 19.1. The average molecular weight is 548 g/mol. The molecule has 4 rings (SSSR count). The van der Waals surface area contributed by atoms with Gasteiger partial charge >= 0.3 is 5.97 Å². The van der Waals surface area contributed by atoms with Crippen molar-refractivity contribution in [1.82, 2.24) is 14.8 Å². The highest BCUT2D eigenvalue weighted by molar-refractivity contribution is 5.72. The number of alkyl halides is 1. The fourth-order valence-electron chi connectivity index (χ4n) is 5.74. The SMILES string of the molecule is Cc1cccc(C)c1-c1cccc([C@H](CC(=O)O)NCC(CC(C)C)n2cc(CCN3CC(F)C3)ccc2=O)c1. The first-order valence-corrected chi connectivity index (χ1v) is 14.3. The van der Waals surface area contributed by atoms with E-state index in [1.54, 1.807) is 10.6 Å². The first-order valence-electron chi connectivity index (χ1n) is 14.3. The van der Waals surface area contributed by atoms with Gasteiger partial charge in [0.15, 0.2) is 0 Å². The number of aliphatic carboxylic acids is 1. The van der Waals surface area contributed by atoms with Gasteiger partial charge in [-0.25, -0.2) is 4.39 Å². The number of hydrogen-bond donors (Lipinski definition) is 2. The Morgan fingerprint density at radius 2 is 1.77 bits per heavy atom. The maximum atomic E-state index is 13.2. The Kier molecular flexibility index (Phi) is 9.93. The lowest BCUT2D eigenvalue weighted by Gasteiger charge is -2.34. The van der Waals surface area contributed by atoms with Crippen LogP contribution in [0.2, 0.25) is 0 Å². The first kappa shape index (κ1) is 29.7. The Hall–Kier alpha value is -3.29. The summed E-state index contributed by atoms with van der Waals surface area (Å²) in [6, 6.07) is 17.3. The number of hydrogen-bond acceptors (Lipinski definition) is 4. The second-order valence-electron chi connectivity index (χ2n) is 11.6. The molecule has 7 heteroatoms. The second-order valence-corrected chi connectivity index (χ2v) is 11.6. The minimum absolute atomic E-state index is 0.0645. The fourth-order valence-corrected chi connectivity index (χ4v) is 5.74. The molecule has 2 atom stereocenters. The number of likely N-dealkylation sites (tertiary alicyclic amines) is 1. The topological polar surface area (TPSA) is 74.6 Å². The molecular formula is C33H42FN3O3. The molecule has 1 saturated heterocycles. The second kappa shape index (κ2) is 13.4. The zero-order valence-corrected chi connectivity index (χ0v) is 24.1. The number of aryl methyl sites for hydroxylation is 2. The molecule has 6 nitrogen and oxygen atoms in total. The summed E-state index contributed by atoms with van der Waals surface area (Å²) in [7, 11) is 0. The minimum atomic E-state index is -0.879. The molecule has 1 unspecified atom stereocenters. The number of nitrogens with one attached hydrogen (secondary N) is 1. The van der Waals surface area contributed by atoms with E-state index in [-0.39, 0.29) is 18.0 Å². The van der Waals surface area contributed by atoms with Crippen LogP contribution in [0.3, 0.4) is 0 Å². The molecule has 1 fully saturated rings. The van der Waals surface area contributed by atoms with Crippen LogP contribution in [0.15, 0.2) is 65.6 Å². The summed E-state index contributed by atoms with van der Waals surface area (Å²) in [6.07, 6.45) is 2.66. The number of aromatic nitrogens is 1. The maximum Gasteiger partial charge on any atom is 0.305 e. The van der Waals surface area contributed by atoms with Crippen molar-refractivity contribution in [1.29, 1.82) is 0 Å². The molecule has 0 amide bonds. The van der Waals surface area contributed by atoms with Gasteiger partial charge in [-0.2, -0.15) is 0 Å². The summed E-state index contributed by atoms with van der Waals surface area (Å²) in [5, 5.41) is 13.3. The molecule has 1 aliphatic rings. The monoisotopic (exact) mass is 547 g/mol. The van der Waals surface area contributed by atoms with Crippen LogP contribution in [0.1, 0.15) is 61.0 Å². The van der Waals surface area contributed by atoms with Crippen LogP contribution in [0, 0.1) is 19.8 Å². The van der Waals surface area contributed by atoms with Crippen molar-refractivity contribution in [2.75, 3.05) is 26.2 Å². The van der Waals surface area contributed by atoms with E-state index in [0.29, 0.717) is 25.6 Å². The highest BCUT2D eigenvalue weighted by Gasteiger charge is 2.25. The van der Waals surface area contributed by atoms with E-state index in [4.69, 9.17) is 0 Å². The zero-order chi connectivity index (χ0) is 28.8. The normalized spacial score (nSPS) is 15.7. The molecular weight excluding hydrogens is 505 g/mol. The van der Waals surface area contributed by atoms with Gasteiger partial charge in [-0.05, 0) is 72.1 Å². The van der Waals surface area contributed by atoms with Crippen molar-refractivity contribution < 1.29 is 14.3 Å². The molecule has 0 bridgehead atoms. The van der Waals surface area contributed by atoms with Crippen LogP contribution in [-0.4, -0.2) is 52.9 Å². The molecule has 0 radical (unpaired) electrons. The smallest absolute Gasteiger partial charge is 0.305 e. The number of rotatable bonds is 13. The number of halogens is 1. The predicted octanol–water partition coefficient (Wildman–Crippen LogP) is 5.72. The largest absolute Gasteiger partial charge is 0.481 e. The van der Waals surface area contributed by atoms with Gasteiger partial charge in [0.2, 0.25) is 0 Å². The molecule has 1 aliphatic heterocycles. The fraction of sp³-hybridized carbons (Fsp3) is 0.455. The van der Waals surface area contributed by atoms with Crippen molar-refractivity contribution >= 4 is 5.97 Å². The van der Waals surface area contributed by atoms with Crippen molar-refractivity contribution in [3.8, 4) is 11.1 Å². The third kappa shape index (κ3) is 7.67. The molecule has 3 aromatic rings. The quantitative estimate of drug-likeness (QED) is 0.286. The molecule has 0 saturated carbocycles. The van der Waals surface area contributed by atoms with Gasteiger partial charge in [0, 0.05) is 50.5 Å². The van der Waals surface area contributed by atoms with Gasteiger partial charge in [-0.1, -0.05) is 56.3 Å². The zero-order valence-electron chi connectivity index (χ0n) is 24.1. The van der Waals surface area contributed by atoms with Gasteiger partial charge < -0.3 is 15.0 Å². The number of carbonyl (C=O) groups is 1. The van der Waals surface area contributed by atoms with Crippen molar-refractivity contribution in [2.45, 2.75) is 65.2 Å². The van der Waals surface area contributed by atoms with Crippen LogP contribution in [0.25, 0.3) is 11.1 Å². The van der Waals surface area contributed by atoms with Gasteiger partial charge in [0.1, 0.15) is 6.17 Å². The molecule has 2 N–H and O–H groups in total. The third-order valence-electron chi connectivity index (χ3n) is 7.80. The summed E-state index contributed by atoms with van der Waals surface area (Å²) in [4.78, 5) is 27.0. The predicted molar refractivity (Wildman–Crippen MR) is 159 cm³/mol. The van der Waals surface area contributed by atoms with Gasteiger partial charge in [0.25, 0.3) is 5.56 Å². The highest BCUT2D eigenvalue weighted by Crippen LogP contribution is 2.30. The maximum absolute atomic E-state index is 13.2. The van der Waals surface area contributed by atoms with E-state index in [2.05, 4.69) is 62.2 Å². The van der Waals surface area contributed by atoms with Gasteiger partial charge in [0.05, 0.1) is 6.42 Å². The van der Waals surface area contributed by atoms with Crippen LogP contribution < -0.4 is 10.9 Å². The summed E-state index contributed by atoms with van der Waals surface area (Å²) >= 11 is 0. The minimum Gasteiger partial charge on any atom is -0.481 e. The van der Waals surface area contributed by atoms with E-state index in [0.717, 1.165) is 36.1 Å². The third-order valence-corrected chi connectivity index (χ3v) is 7.80. The molecule has 2 aromatic carbocycles. The van der Waals surface area contributed by atoms with Gasteiger partial charge in [-0.15, -0.1) is 0 Å². The van der Waals surface area contributed by atoms with E-state index in [1.807, 2.05) is 30.5 Å². The number of pyridine rings is 1. The summed E-state index contributed by atoms with van der Waals surface area (Å²) < 4.78 is 15.0. The summed E-state index contributed by atoms with van der Waals surface area (Å²) in [5.41, 5.74) is 6.46. The Bertz CT molecular complexity index is 1340. The molecule has 214 valence electrons. The Balaban J connectivity index is 1.56. The number of carboxylic acid groups (broad SMARTS) is 1. The lowest BCUT2D eigenvalue weighted by atomic mass is 9.92. The van der Waals surface area contributed by atoms with Crippen LogP contribution >= 0.6 is 0 Å². The lowest BCUT2D eigenvalue weighted by molar-refractivity contribution is -0.137. The van der Waals surface area contributed by atoms with Crippen LogP contribution in [0.5, 0.6) is 0 Å². The number of benzene rings is 2. The summed E-state index contributed by atoms with van der Waals surface area (Å²) in [5.74, 6) is -0.536. The standard InChI is InChI=1S/C33H42FN3O3/c1-22(2)15-29(37-19-25(11-12-31(37)38)13-14-36-20-28(34)21-36)18-35-30(17-32(39)40)26-9-6-10-27(16-26)33-23(3)7-5-8-24(33)4/h5-12,16,19,22,28-30,35H,13-15,17-18,20-21H2,1-4H3,(H,39,40)/t29?,30-/m0/s1. The molecule has 0 aliphatic carbocycles. The van der Waals surface area contributed by atoms with E-state index in [1.165, 1.54) is 16.7 Å². The van der Waals surface area contributed by atoms with Crippen LogP contribution in [0.4, 0.5) is 4.39 Å². The average Bonchev–Trinajstić information content (AvgIpc) is 2.88. The van der Waals surface area contributed by atoms with Crippen molar-refractivity contribution in [3.05, 3.63) is 93.4 Å². The highest BCUT2D eigenvalue weighted by atomic mass is 19.1. The molecule has 0 spiro atoms. The molecule has 2 heterocycles. The van der Waals surface area contributed by atoms with Crippen molar-refractivity contribution in [3.63, 3.8) is 0 Å². The van der Waals surface area contributed by atoms with Crippen molar-refractivity contribution in [2.24, 2.45) is 5.92 Å². The Morgan fingerprint density at radius 3 is 2.42 bits per heavy atom. The Labute approximate surface area is 236 Å². The van der Waals surface area contributed by atoms with E-state index in [9.17, 15) is 19.1 Å². The number of nitrogens with zero attached hydrogens (tertiary/aromatic N) is 2. The van der Waals surface area contributed by atoms with Gasteiger partial charge in [-0.3, -0.25) is 14.5 Å². The van der Waals surface area contributed by atoms with Crippen LogP contribution in [-0.2, 0) is 11.2 Å². The Morgan fingerprint density at radius 1 is 1.07 bits per heavy atom. The summed E-state index contributed by atoms with van der Waals surface area (Å²) in [6.45, 7) is 10.6. The van der Waals surface area contributed by atoms with E-state index < -0.39 is 18.2 Å². The molecule has 1 aromatic heterocycles. The van der Waals surface area contributed by atoms with E-state index >= 15 is 0 Å². The number of carboxylic acids is 1.